The van der Waals surface area contributed by atoms with Crippen LogP contribution in [-0.4, -0.2) is 19.0 Å². The lowest BCUT2D eigenvalue weighted by atomic mass is 9.59. The SMILES string of the molecule is C1COC2(O1)[C@@H]1CC3CC[C@H]2[C@H]1C3. The second-order valence-electron chi connectivity index (χ2n) is 5.21. The topological polar surface area (TPSA) is 18.5 Å². The van der Waals surface area contributed by atoms with Crippen molar-refractivity contribution in [3.8, 4) is 0 Å². The second kappa shape index (κ2) is 2.12. The lowest BCUT2D eigenvalue weighted by molar-refractivity contribution is -0.312. The van der Waals surface area contributed by atoms with Crippen LogP contribution in [0.15, 0.2) is 0 Å². The third-order valence-electron chi connectivity index (χ3n) is 4.88. The Kier molecular flexibility index (Phi) is 1.18. The van der Waals surface area contributed by atoms with E-state index >= 15 is 0 Å². The van der Waals surface area contributed by atoms with Gasteiger partial charge in [-0.3, -0.25) is 0 Å². The molecule has 0 aromatic carbocycles. The molecular formula is C11H16O2. The number of hydrogen-bond donors (Lipinski definition) is 0. The summed E-state index contributed by atoms with van der Waals surface area (Å²) < 4.78 is 11.8. The number of hydrogen-bond acceptors (Lipinski definition) is 2. The minimum atomic E-state index is -0.0735. The van der Waals surface area contributed by atoms with Gasteiger partial charge in [0.1, 0.15) is 0 Å². The van der Waals surface area contributed by atoms with Crippen LogP contribution >= 0.6 is 0 Å². The molecule has 1 unspecified atom stereocenters. The normalized spacial score (nSPS) is 55.4. The lowest BCUT2D eigenvalue weighted by Crippen LogP contribution is -2.61. The van der Waals surface area contributed by atoms with E-state index in [2.05, 4.69) is 0 Å². The molecule has 3 aliphatic carbocycles. The number of fused-ring (bicyclic) bond motifs is 3. The van der Waals surface area contributed by atoms with Gasteiger partial charge in [0, 0.05) is 11.8 Å². The van der Waals surface area contributed by atoms with Gasteiger partial charge in [-0.25, -0.2) is 0 Å². The van der Waals surface area contributed by atoms with Crippen LogP contribution in [-0.2, 0) is 9.47 Å². The zero-order valence-corrected chi connectivity index (χ0v) is 7.87. The van der Waals surface area contributed by atoms with Gasteiger partial charge in [-0.15, -0.1) is 0 Å². The van der Waals surface area contributed by atoms with E-state index < -0.39 is 0 Å². The van der Waals surface area contributed by atoms with Gasteiger partial charge in [0.05, 0.1) is 13.2 Å². The summed E-state index contributed by atoms with van der Waals surface area (Å²) in [5.41, 5.74) is 0. The fourth-order valence-electron chi connectivity index (χ4n) is 4.48. The quantitative estimate of drug-likeness (QED) is 0.566. The summed E-state index contributed by atoms with van der Waals surface area (Å²) in [6, 6.07) is 0. The Morgan fingerprint density at radius 3 is 2.62 bits per heavy atom. The summed E-state index contributed by atoms with van der Waals surface area (Å²) >= 11 is 0. The summed E-state index contributed by atoms with van der Waals surface area (Å²) in [6.45, 7) is 1.68. The van der Waals surface area contributed by atoms with Crippen molar-refractivity contribution in [3.05, 3.63) is 0 Å². The van der Waals surface area contributed by atoms with Crippen LogP contribution < -0.4 is 0 Å². The highest BCUT2D eigenvalue weighted by atomic mass is 16.7. The van der Waals surface area contributed by atoms with Crippen molar-refractivity contribution in [1.29, 1.82) is 0 Å². The first kappa shape index (κ1) is 7.24. The van der Waals surface area contributed by atoms with Crippen LogP contribution in [0.4, 0.5) is 0 Å². The first-order valence-corrected chi connectivity index (χ1v) is 5.68. The van der Waals surface area contributed by atoms with Crippen molar-refractivity contribution in [2.24, 2.45) is 23.7 Å². The van der Waals surface area contributed by atoms with Crippen LogP contribution in [0.5, 0.6) is 0 Å². The van der Waals surface area contributed by atoms with Gasteiger partial charge in [-0.2, -0.15) is 0 Å². The Hall–Kier alpha value is -0.0800. The van der Waals surface area contributed by atoms with Crippen molar-refractivity contribution < 1.29 is 9.47 Å². The molecule has 72 valence electrons. The van der Waals surface area contributed by atoms with Gasteiger partial charge < -0.3 is 9.47 Å². The third-order valence-corrected chi connectivity index (χ3v) is 4.88. The third kappa shape index (κ3) is 0.668. The highest BCUT2D eigenvalue weighted by molar-refractivity contribution is 5.13. The standard InChI is InChI=1S/C11H16O2/c1-2-9-8-5-7(1)6-10(8)11(9)12-3-4-13-11/h7-10H,1-6H2/t7?,8-,9+,10-/m1/s1. The summed E-state index contributed by atoms with van der Waals surface area (Å²) in [4.78, 5) is 0. The Bertz CT molecular complexity index is 236. The molecule has 4 atom stereocenters. The molecule has 13 heavy (non-hydrogen) atoms. The maximum Gasteiger partial charge on any atom is 0.174 e. The van der Waals surface area contributed by atoms with Gasteiger partial charge >= 0.3 is 0 Å². The molecule has 3 saturated carbocycles. The predicted molar refractivity (Wildman–Crippen MR) is 47.1 cm³/mol. The van der Waals surface area contributed by atoms with Crippen molar-refractivity contribution in [2.45, 2.75) is 31.5 Å². The van der Waals surface area contributed by atoms with Gasteiger partial charge in [0.15, 0.2) is 5.79 Å². The van der Waals surface area contributed by atoms with E-state index in [0.29, 0.717) is 0 Å². The zero-order valence-electron chi connectivity index (χ0n) is 7.87. The van der Waals surface area contributed by atoms with Gasteiger partial charge in [-0.1, -0.05) is 0 Å². The van der Waals surface area contributed by atoms with E-state index in [0.717, 1.165) is 36.9 Å². The molecular weight excluding hydrogens is 164 g/mol. The van der Waals surface area contributed by atoms with Crippen molar-refractivity contribution in [1.82, 2.24) is 0 Å². The first-order valence-electron chi connectivity index (χ1n) is 5.68. The molecule has 0 N–H and O–H groups in total. The van der Waals surface area contributed by atoms with Gasteiger partial charge in [-0.05, 0) is 37.5 Å². The molecule has 0 amide bonds. The zero-order chi connectivity index (χ0) is 8.47. The highest BCUT2D eigenvalue weighted by Crippen LogP contribution is 2.67. The van der Waals surface area contributed by atoms with Gasteiger partial charge in [0.2, 0.25) is 0 Å². The average Bonchev–Trinajstić information content (AvgIpc) is 2.68. The molecule has 1 saturated heterocycles. The van der Waals surface area contributed by atoms with Crippen molar-refractivity contribution in [2.75, 3.05) is 13.2 Å². The number of rotatable bonds is 0. The molecule has 0 radical (unpaired) electrons. The van der Waals surface area contributed by atoms with Crippen LogP contribution in [0.1, 0.15) is 25.7 Å². The van der Waals surface area contributed by atoms with E-state index in [1.54, 1.807) is 0 Å². The van der Waals surface area contributed by atoms with Crippen LogP contribution in [0.3, 0.4) is 0 Å². The molecule has 0 aromatic rings. The summed E-state index contributed by atoms with van der Waals surface area (Å²) in [5.74, 6) is 3.44. The Balaban J connectivity index is 1.74. The summed E-state index contributed by atoms with van der Waals surface area (Å²) in [6.07, 6.45) is 5.67. The fraction of sp³-hybridized carbons (Fsp3) is 1.00. The molecule has 1 heterocycles. The largest absolute Gasteiger partial charge is 0.347 e. The summed E-state index contributed by atoms with van der Waals surface area (Å²) in [5, 5.41) is 0. The predicted octanol–water partition coefficient (Wildman–Crippen LogP) is 1.80. The highest BCUT2D eigenvalue weighted by Gasteiger charge is 2.69. The Morgan fingerprint density at radius 2 is 1.77 bits per heavy atom. The molecule has 0 aromatic heterocycles. The molecule has 2 nitrogen and oxygen atoms in total. The molecule has 2 bridgehead atoms. The van der Waals surface area contributed by atoms with E-state index in [9.17, 15) is 0 Å². The lowest BCUT2D eigenvalue weighted by Gasteiger charge is -2.55. The molecule has 4 fully saturated rings. The molecule has 1 spiro atoms. The van der Waals surface area contributed by atoms with Crippen LogP contribution in [0.2, 0.25) is 0 Å². The molecule has 4 rings (SSSR count). The van der Waals surface area contributed by atoms with E-state index in [4.69, 9.17) is 9.47 Å². The van der Waals surface area contributed by atoms with Crippen molar-refractivity contribution >= 4 is 0 Å². The fourth-order valence-corrected chi connectivity index (χ4v) is 4.48. The van der Waals surface area contributed by atoms with E-state index in [1.807, 2.05) is 0 Å². The van der Waals surface area contributed by atoms with E-state index in [-0.39, 0.29) is 5.79 Å². The monoisotopic (exact) mass is 180 g/mol. The number of ether oxygens (including phenoxy) is 2. The Labute approximate surface area is 78.6 Å². The average molecular weight is 180 g/mol. The maximum absolute atomic E-state index is 5.90. The molecule has 2 heteroatoms. The second-order valence-corrected chi connectivity index (χ2v) is 5.21. The molecule has 4 aliphatic rings. The maximum atomic E-state index is 5.90. The summed E-state index contributed by atoms with van der Waals surface area (Å²) in [7, 11) is 0. The minimum absolute atomic E-state index is 0.0735. The molecule has 1 aliphatic heterocycles. The first-order chi connectivity index (χ1) is 6.40. The van der Waals surface area contributed by atoms with Crippen LogP contribution in [0, 0.1) is 23.7 Å². The van der Waals surface area contributed by atoms with Crippen LogP contribution in [0.25, 0.3) is 0 Å². The van der Waals surface area contributed by atoms with Crippen molar-refractivity contribution in [3.63, 3.8) is 0 Å². The van der Waals surface area contributed by atoms with Gasteiger partial charge in [0.25, 0.3) is 0 Å². The Morgan fingerprint density at radius 1 is 0.923 bits per heavy atom. The minimum Gasteiger partial charge on any atom is -0.347 e. The van der Waals surface area contributed by atoms with E-state index in [1.165, 1.54) is 25.7 Å². The smallest absolute Gasteiger partial charge is 0.174 e.